The molecule has 2 rings (SSSR count). The van der Waals surface area contributed by atoms with Gasteiger partial charge in [0.2, 0.25) is 0 Å². The van der Waals surface area contributed by atoms with Gasteiger partial charge in [0.15, 0.2) is 0 Å². The maximum atomic E-state index is 6.11. The van der Waals surface area contributed by atoms with Crippen molar-refractivity contribution in [1.29, 1.82) is 0 Å². The largest absolute Gasteiger partial charge is 0.331 e. The number of aromatic amines is 1. The minimum atomic E-state index is 0.573. The lowest BCUT2D eigenvalue weighted by molar-refractivity contribution is 0.772. The van der Waals surface area contributed by atoms with Crippen LogP contribution < -0.4 is 5.32 Å². The summed E-state index contributed by atoms with van der Waals surface area (Å²) >= 11 is 9.53. The molecule has 0 aliphatic rings. The van der Waals surface area contributed by atoms with Crippen molar-refractivity contribution in [2.24, 2.45) is 0 Å². The molecular formula is C11H11BrClN3. The van der Waals surface area contributed by atoms with Crippen LogP contribution in [0.25, 0.3) is 11.3 Å². The van der Waals surface area contributed by atoms with Crippen LogP contribution in [-0.4, -0.2) is 17.0 Å². The summed E-state index contributed by atoms with van der Waals surface area (Å²) in [6.45, 7) is 0.674. The van der Waals surface area contributed by atoms with E-state index in [9.17, 15) is 0 Å². The first-order valence-electron chi connectivity index (χ1n) is 4.85. The van der Waals surface area contributed by atoms with Gasteiger partial charge in [0.1, 0.15) is 16.7 Å². The Hall–Kier alpha value is -0.840. The van der Waals surface area contributed by atoms with E-state index in [4.69, 9.17) is 11.6 Å². The number of H-pyrrole nitrogens is 1. The Bertz CT molecular complexity index is 496. The van der Waals surface area contributed by atoms with Crippen molar-refractivity contribution < 1.29 is 0 Å². The zero-order valence-corrected chi connectivity index (χ0v) is 11.1. The first-order valence-corrected chi connectivity index (χ1v) is 6.02. The molecular weight excluding hydrogens is 289 g/mol. The van der Waals surface area contributed by atoms with Gasteiger partial charge >= 0.3 is 0 Å². The molecule has 0 unspecified atom stereocenters. The monoisotopic (exact) mass is 299 g/mol. The van der Waals surface area contributed by atoms with Gasteiger partial charge in [-0.15, -0.1) is 0 Å². The van der Waals surface area contributed by atoms with Crippen LogP contribution >= 0.6 is 27.5 Å². The lowest BCUT2D eigenvalue weighted by Crippen LogP contribution is -2.06. The number of hydrogen-bond acceptors (Lipinski definition) is 2. The summed E-state index contributed by atoms with van der Waals surface area (Å²) in [5.41, 5.74) is 1.78. The van der Waals surface area contributed by atoms with Crippen molar-refractivity contribution in [1.82, 2.24) is 15.3 Å². The van der Waals surface area contributed by atoms with E-state index in [1.807, 2.05) is 31.3 Å². The van der Waals surface area contributed by atoms with E-state index in [1.165, 1.54) is 0 Å². The molecule has 0 spiro atoms. The number of hydrogen-bond donors (Lipinski definition) is 2. The molecule has 1 aromatic heterocycles. The number of halogens is 2. The van der Waals surface area contributed by atoms with Crippen LogP contribution in [0.1, 0.15) is 5.82 Å². The van der Waals surface area contributed by atoms with Gasteiger partial charge in [-0.1, -0.05) is 39.7 Å². The van der Waals surface area contributed by atoms with Crippen LogP contribution in [-0.2, 0) is 6.54 Å². The van der Waals surface area contributed by atoms with Crippen molar-refractivity contribution in [3.63, 3.8) is 0 Å². The number of benzene rings is 1. The van der Waals surface area contributed by atoms with Crippen LogP contribution in [0.3, 0.4) is 0 Å². The molecule has 16 heavy (non-hydrogen) atoms. The number of imidazole rings is 1. The molecule has 0 radical (unpaired) electrons. The number of aromatic nitrogens is 2. The summed E-state index contributed by atoms with van der Waals surface area (Å²) < 4.78 is 1.01. The second kappa shape index (κ2) is 4.99. The number of nitrogens with one attached hydrogen (secondary N) is 2. The van der Waals surface area contributed by atoms with Gasteiger partial charge in [-0.2, -0.15) is 0 Å². The average molecular weight is 301 g/mol. The van der Waals surface area contributed by atoms with Crippen molar-refractivity contribution >= 4 is 27.5 Å². The Balaban J connectivity index is 2.40. The molecule has 0 amide bonds. The minimum Gasteiger partial charge on any atom is -0.331 e. The molecule has 84 valence electrons. The topological polar surface area (TPSA) is 40.7 Å². The second-order valence-electron chi connectivity index (χ2n) is 3.39. The maximum absolute atomic E-state index is 6.11. The zero-order valence-electron chi connectivity index (χ0n) is 8.72. The molecule has 2 aromatic rings. The molecule has 0 aliphatic heterocycles. The molecule has 0 saturated heterocycles. The smallest absolute Gasteiger partial charge is 0.134 e. The van der Waals surface area contributed by atoms with E-state index >= 15 is 0 Å². The fraction of sp³-hybridized carbons (Fsp3) is 0.182. The molecule has 1 heterocycles. The highest BCUT2D eigenvalue weighted by Crippen LogP contribution is 2.27. The fourth-order valence-corrected chi connectivity index (χ4v) is 2.14. The Morgan fingerprint density at radius 1 is 1.50 bits per heavy atom. The lowest BCUT2D eigenvalue weighted by Gasteiger charge is -1.97. The molecule has 3 nitrogen and oxygen atoms in total. The van der Waals surface area contributed by atoms with Crippen LogP contribution in [0.5, 0.6) is 0 Å². The van der Waals surface area contributed by atoms with Gasteiger partial charge in [0.05, 0.1) is 6.54 Å². The summed E-state index contributed by atoms with van der Waals surface area (Å²) in [7, 11) is 1.87. The van der Waals surface area contributed by atoms with Gasteiger partial charge in [0.25, 0.3) is 0 Å². The summed E-state index contributed by atoms with van der Waals surface area (Å²) in [6, 6.07) is 7.90. The van der Waals surface area contributed by atoms with E-state index < -0.39 is 0 Å². The average Bonchev–Trinajstić information content (AvgIpc) is 2.60. The van der Waals surface area contributed by atoms with E-state index in [-0.39, 0.29) is 0 Å². The van der Waals surface area contributed by atoms with Crippen LogP contribution in [0.15, 0.2) is 28.7 Å². The van der Waals surface area contributed by atoms with E-state index in [0.717, 1.165) is 21.6 Å². The van der Waals surface area contributed by atoms with E-state index in [0.29, 0.717) is 11.7 Å². The third-order valence-corrected chi connectivity index (χ3v) is 2.92. The van der Waals surface area contributed by atoms with Crippen molar-refractivity contribution in [3.8, 4) is 11.3 Å². The van der Waals surface area contributed by atoms with Gasteiger partial charge < -0.3 is 10.3 Å². The van der Waals surface area contributed by atoms with Gasteiger partial charge in [0, 0.05) is 10.0 Å². The summed E-state index contributed by atoms with van der Waals surface area (Å²) in [6.07, 6.45) is 0. The van der Waals surface area contributed by atoms with Crippen LogP contribution in [0, 0.1) is 0 Å². The number of nitrogens with zero attached hydrogens (tertiary/aromatic N) is 1. The zero-order chi connectivity index (χ0) is 11.5. The standard InChI is InChI=1S/C11H11BrClN3/c1-14-6-9-15-10(11(13)16-9)7-3-2-4-8(12)5-7/h2-5,14H,6H2,1H3,(H,15,16). The van der Waals surface area contributed by atoms with E-state index in [2.05, 4.69) is 31.2 Å². The van der Waals surface area contributed by atoms with Crippen molar-refractivity contribution in [2.75, 3.05) is 7.05 Å². The third kappa shape index (κ3) is 2.45. The molecule has 0 bridgehead atoms. The SMILES string of the molecule is CNCc1nc(-c2cccc(Br)c2)c(Cl)[nH]1. The minimum absolute atomic E-state index is 0.573. The highest BCUT2D eigenvalue weighted by molar-refractivity contribution is 9.10. The van der Waals surface area contributed by atoms with Gasteiger partial charge in [-0.05, 0) is 19.2 Å². The van der Waals surface area contributed by atoms with Crippen LogP contribution in [0.2, 0.25) is 5.15 Å². The summed E-state index contributed by atoms with van der Waals surface area (Å²) in [5, 5.41) is 3.60. The summed E-state index contributed by atoms with van der Waals surface area (Å²) in [5.74, 6) is 0.836. The van der Waals surface area contributed by atoms with Gasteiger partial charge in [-0.3, -0.25) is 0 Å². The summed E-state index contributed by atoms with van der Waals surface area (Å²) in [4.78, 5) is 7.48. The van der Waals surface area contributed by atoms with Crippen molar-refractivity contribution in [2.45, 2.75) is 6.54 Å². The van der Waals surface area contributed by atoms with E-state index in [1.54, 1.807) is 0 Å². The van der Waals surface area contributed by atoms with Gasteiger partial charge in [-0.25, -0.2) is 4.98 Å². The Morgan fingerprint density at radius 3 is 3.00 bits per heavy atom. The predicted octanol–water partition coefficient (Wildman–Crippen LogP) is 3.21. The predicted molar refractivity (Wildman–Crippen MR) is 69.5 cm³/mol. The molecule has 0 fully saturated rings. The second-order valence-corrected chi connectivity index (χ2v) is 4.68. The van der Waals surface area contributed by atoms with Crippen LogP contribution in [0.4, 0.5) is 0 Å². The highest BCUT2D eigenvalue weighted by Gasteiger charge is 2.10. The molecule has 1 aromatic carbocycles. The third-order valence-electron chi connectivity index (χ3n) is 2.15. The highest BCUT2D eigenvalue weighted by atomic mass is 79.9. The molecule has 2 N–H and O–H groups in total. The number of rotatable bonds is 3. The first kappa shape index (κ1) is 11.6. The molecule has 5 heteroatoms. The Kier molecular flexibility index (Phi) is 3.63. The lowest BCUT2D eigenvalue weighted by atomic mass is 10.2. The first-order chi connectivity index (χ1) is 7.70. The quantitative estimate of drug-likeness (QED) is 0.914. The maximum Gasteiger partial charge on any atom is 0.134 e. The fourth-order valence-electron chi connectivity index (χ4n) is 1.48. The Morgan fingerprint density at radius 2 is 2.31 bits per heavy atom. The molecule has 0 saturated carbocycles. The molecule has 0 aliphatic carbocycles. The normalized spacial score (nSPS) is 10.7. The van der Waals surface area contributed by atoms with Crippen molar-refractivity contribution in [3.05, 3.63) is 39.7 Å². The molecule has 0 atom stereocenters. The Labute approximate surface area is 107 Å².